The van der Waals surface area contributed by atoms with Crippen molar-refractivity contribution in [3.63, 3.8) is 0 Å². The number of nitrogens with one attached hydrogen (secondary N) is 2. The molecule has 1 aromatic heterocycles. The van der Waals surface area contributed by atoms with Crippen LogP contribution in [0.25, 0.3) is 0 Å². The number of sulfonamides is 1. The van der Waals surface area contributed by atoms with Gasteiger partial charge < -0.3 is 10.3 Å². The lowest BCUT2D eigenvalue weighted by atomic mass is 9.82. The van der Waals surface area contributed by atoms with Gasteiger partial charge in [-0.25, -0.2) is 13.4 Å². The Bertz CT molecular complexity index is 587. The SMILES string of the molecule is CCn1cnc(S(=O)(=O)NC2(C(=N)N)CCCCC2)c1. The number of imidazole rings is 1. The van der Waals surface area contributed by atoms with Crippen molar-refractivity contribution >= 4 is 15.9 Å². The predicted molar refractivity (Wildman–Crippen MR) is 76.0 cm³/mol. The zero-order valence-electron chi connectivity index (χ0n) is 11.6. The zero-order valence-corrected chi connectivity index (χ0v) is 12.4. The van der Waals surface area contributed by atoms with E-state index in [0.717, 1.165) is 19.3 Å². The van der Waals surface area contributed by atoms with Crippen LogP contribution in [-0.2, 0) is 16.6 Å². The lowest BCUT2D eigenvalue weighted by Crippen LogP contribution is -2.58. The van der Waals surface area contributed by atoms with Gasteiger partial charge in [0.2, 0.25) is 0 Å². The van der Waals surface area contributed by atoms with Crippen LogP contribution in [0.4, 0.5) is 0 Å². The Kier molecular flexibility index (Phi) is 4.14. The minimum Gasteiger partial charge on any atom is -0.386 e. The second-order valence-corrected chi connectivity index (χ2v) is 6.83. The van der Waals surface area contributed by atoms with Crippen LogP contribution in [0, 0.1) is 5.41 Å². The predicted octanol–water partition coefficient (Wildman–Crippen LogP) is 0.820. The topological polar surface area (TPSA) is 114 Å². The normalized spacial score (nSPS) is 18.9. The van der Waals surface area contributed by atoms with Crippen LogP contribution < -0.4 is 10.5 Å². The van der Waals surface area contributed by atoms with Gasteiger partial charge in [-0.15, -0.1) is 0 Å². The van der Waals surface area contributed by atoms with Gasteiger partial charge in [-0.2, -0.15) is 4.72 Å². The van der Waals surface area contributed by atoms with Crippen LogP contribution >= 0.6 is 0 Å². The number of nitrogens with zero attached hydrogens (tertiary/aromatic N) is 2. The van der Waals surface area contributed by atoms with Gasteiger partial charge in [-0.05, 0) is 19.8 Å². The smallest absolute Gasteiger partial charge is 0.260 e. The molecule has 1 heterocycles. The number of hydrogen-bond acceptors (Lipinski definition) is 4. The summed E-state index contributed by atoms with van der Waals surface area (Å²) in [6.07, 6.45) is 6.87. The van der Waals surface area contributed by atoms with Gasteiger partial charge in [-0.1, -0.05) is 19.3 Å². The van der Waals surface area contributed by atoms with E-state index in [-0.39, 0.29) is 10.9 Å². The molecule has 1 fully saturated rings. The average molecular weight is 299 g/mol. The molecule has 0 aromatic carbocycles. The maximum Gasteiger partial charge on any atom is 0.260 e. The second kappa shape index (κ2) is 5.53. The largest absolute Gasteiger partial charge is 0.386 e. The van der Waals surface area contributed by atoms with Crippen LogP contribution in [0.15, 0.2) is 17.6 Å². The Hall–Kier alpha value is -1.41. The first-order valence-electron chi connectivity index (χ1n) is 6.80. The molecule has 8 heteroatoms. The van der Waals surface area contributed by atoms with Crippen LogP contribution in [0.2, 0.25) is 0 Å². The average Bonchev–Trinajstić information content (AvgIpc) is 2.88. The molecule has 0 atom stereocenters. The van der Waals surface area contributed by atoms with Crippen LogP contribution in [0.5, 0.6) is 0 Å². The molecule has 0 radical (unpaired) electrons. The third-order valence-corrected chi connectivity index (χ3v) is 5.22. The first-order chi connectivity index (χ1) is 9.39. The van der Waals surface area contributed by atoms with Crippen molar-refractivity contribution in [1.29, 1.82) is 5.41 Å². The molecule has 0 amide bonds. The van der Waals surface area contributed by atoms with Gasteiger partial charge in [0, 0.05) is 12.7 Å². The summed E-state index contributed by atoms with van der Waals surface area (Å²) in [5.74, 6) is -0.115. The van der Waals surface area contributed by atoms with Crippen molar-refractivity contribution in [2.75, 3.05) is 0 Å². The van der Waals surface area contributed by atoms with Crippen LogP contribution in [0.3, 0.4) is 0 Å². The summed E-state index contributed by atoms with van der Waals surface area (Å²) in [6.45, 7) is 2.56. The van der Waals surface area contributed by atoms with Gasteiger partial charge in [0.25, 0.3) is 10.0 Å². The van der Waals surface area contributed by atoms with Crippen molar-refractivity contribution < 1.29 is 8.42 Å². The summed E-state index contributed by atoms with van der Waals surface area (Å²) in [6, 6.07) is 0. The number of aromatic nitrogens is 2. The summed E-state index contributed by atoms with van der Waals surface area (Å²) >= 11 is 0. The molecule has 7 nitrogen and oxygen atoms in total. The van der Waals surface area contributed by atoms with Gasteiger partial charge >= 0.3 is 0 Å². The lowest BCUT2D eigenvalue weighted by Gasteiger charge is -2.36. The molecule has 0 bridgehead atoms. The van der Waals surface area contributed by atoms with E-state index in [1.54, 1.807) is 4.57 Å². The minimum absolute atomic E-state index is 0.0226. The van der Waals surface area contributed by atoms with Gasteiger partial charge in [0.15, 0.2) is 5.03 Å². The summed E-state index contributed by atoms with van der Waals surface area (Å²) in [5.41, 5.74) is 4.70. The number of amidine groups is 1. The summed E-state index contributed by atoms with van der Waals surface area (Å²) in [5, 5.41) is 7.72. The Morgan fingerprint density at radius 3 is 2.65 bits per heavy atom. The molecule has 112 valence electrons. The highest BCUT2D eigenvalue weighted by Gasteiger charge is 2.39. The number of hydrogen-bond donors (Lipinski definition) is 3. The molecule has 1 aliphatic carbocycles. The van der Waals surface area contributed by atoms with Crippen molar-refractivity contribution in [2.45, 2.75) is 56.1 Å². The highest BCUT2D eigenvalue weighted by atomic mass is 32.2. The molecule has 1 aromatic rings. The van der Waals surface area contributed by atoms with E-state index in [4.69, 9.17) is 11.1 Å². The third-order valence-electron chi connectivity index (χ3n) is 3.80. The number of nitrogens with two attached hydrogens (primary N) is 1. The van der Waals surface area contributed by atoms with Gasteiger partial charge in [0.1, 0.15) is 5.84 Å². The van der Waals surface area contributed by atoms with E-state index in [0.29, 0.717) is 19.4 Å². The fourth-order valence-corrected chi connectivity index (χ4v) is 3.94. The molecule has 0 spiro atoms. The van der Waals surface area contributed by atoms with Crippen molar-refractivity contribution in [3.05, 3.63) is 12.5 Å². The van der Waals surface area contributed by atoms with Crippen molar-refractivity contribution in [3.8, 4) is 0 Å². The summed E-state index contributed by atoms with van der Waals surface area (Å²) in [4.78, 5) is 3.92. The van der Waals surface area contributed by atoms with E-state index in [1.807, 2.05) is 6.92 Å². The fraction of sp³-hybridized carbons (Fsp3) is 0.667. The Labute approximate surface area is 119 Å². The van der Waals surface area contributed by atoms with E-state index in [1.165, 1.54) is 12.5 Å². The molecule has 1 saturated carbocycles. The highest BCUT2D eigenvalue weighted by molar-refractivity contribution is 7.89. The van der Waals surface area contributed by atoms with Crippen LogP contribution in [0.1, 0.15) is 39.0 Å². The Morgan fingerprint density at radius 1 is 1.50 bits per heavy atom. The molecule has 0 unspecified atom stereocenters. The van der Waals surface area contributed by atoms with Crippen molar-refractivity contribution in [1.82, 2.24) is 14.3 Å². The van der Waals surface area contributed by atoms with Gasteiger partial charge in [-0.3, -0.25) is 5.41 Å². The van der Waals surface area contributed by atoms with E-state index in [9.17, 15) is 8.42 Å². The highest BCUT2D eigenvalue weighted by Crippen LogP contribution is 2.29. The fourth-order valence-electron chi connectivity index (χ4n) is 2.54. The number of aryl methyl sites for hydroxylation is 1. The maximum atomic E-state index is 12.4. The van der Waals surface area contributed by atoms with Crippen LogP contribution in [-0.4, -0.2) is 29.3 Å². The van der Waals surface area contributed by atoms with Crippen molar-refractivity contribution in [2.24, 2.45) is 5.73 Å². The van der Waals surface area contributed by atoms with Gasteiger partial charge in [0.05, 0.1) is 11.9 Å². The minimum atomic E-state index is -3.76. The zero-order chi connectivity index (χ0) is 14.8. The maximum absolute atomic E-state index is 12.4. The molecule has 0 aliphatic heterocycles. The van der Waals surface area contributed by atoms with E-state index >= 15 is 0 Å². The Balaban J connectivity index is 2.27. The molecular formula is C12H21N5O2S. The summed E-state index contributed by atoms with van der Waals surface area (Å²) < 4.78 is 29.1. The first kappa shape index (κ1) is 15.0. The molecular weight excluding hydrogens is 278 g/mol. The monoisotopic (exact) mass is 299 g/mol. The molecule has 0 saturated heterocycles. The van der Waals surface area contributed by atoms with E-state index < -0.39 is 15.6 Å². The third kappa shape index (κ3) is 2.85. The summed E-state index contributed by atoms with van der Waals surface area (Å²) in [7, 11) is -3.76. The quantitative estimate of drug-likeness (QED) is 0.551. The molecule has 2 rings (SSSR count). The molecule has 1 aliphatic rings. The first-order valence-corrected chi connectivity index (χ1v) is 8.28. The molecule has 4 N–H and O–H groups in total. The lowest BCUT2D eigenvalue weighted by molar-refractivity contribution is 0.348. The molecule has 20 heavy (non-hydrogen) atoms. The number of rotatable bonds is 5. The Morgan fingerprint density at radius 2 is 2.15 bits per heavy atom. The standard InChI is InChI=1S/C12H21N5O2S/c1-2-17-8-10(15-9-17)20(18,19)16-12(11(13)14)6-4-3-5-7-12/h8-9,16H,2-7H2,1H3,(H3,13,14). The second-order valence-electron chi connectivity index (χ2n) is 5.20. The van der Waals surface area contributed by atoms with E-state index in [2.05, 4.69) is 9.71 Å².